The summed E-state index contributed by atoms with van der Waals surface area (Å²) in [5.74, 6) is 1.31. The van der Waals surface area contributed by atoms with Gasteiger partial charge in [-0.25, -0.2) is 0 Å². The van der Waals surface area contributed by atoms with E-state index in [0.717, 1.165) is 17.7 Å². The molecule has 126 valence electrons. The van der Waals surface area contributed by atoms with E-state index in [1.165, 1.54) is 7.11 Å². The fourth-order valence-corrected chi connectivity index (χ4v) is 2.12. The van der Waals surface area contributed by atoms with E-state index in [4.69, 9.17) is 14.7 Å². The van der Waals surface area contributed by atoms with Crippen LogP contribution in [0.2, 0.25) is 0 Å². The maximum atomic E-state index is 9.57. The molecule has 0 amide bonds. The summed E-state index contributed by atoms with van der Waals surface area (Å²) in [7, 11) is 1.50. The minimum Gasteiger partial charge on any atom is -0.504 e. The van der Waals surface area contributed by atoms with Crippen LogP contribution in [0.15, 0.2) is 59.8 Å². The third kappa shape index (κ3) is 5.35. The lowest BCUT2D eigenvalue weighted by atomic mass is 10.1. The highest BCUT2D eigenvalue weighted by Crippen LogP contribution is 2.26. The highest BCUT2D eigenvalue weighted by atomic mass is 16.5. The first-order chi connectivity index (χ1) is 11.7. The number of rotatable bonds is 8. The van der Waals surface area contributed by atoms with Gasteiger partial charge in [-0.1, -0.05) is 35.5 Å². The van der Waals surface area contributed by atoms with Crippen LogP contribution < -0.4 is 9.47 Å². The van der Waals surface area contributed by atoms with E-state index in [-0.39, 0.29) is 5.75 Å². The Morgan fingerprint density at radius 2 is 1.96 bits per heavy atom. The van der Waals surface area contributed by atoms with Crippen molar-refractivity contribution in [2.24, 2.45) is 5.16 Å². The molecule has 5 nitrogen and oxygen atoms in total. The fourth-order valence-electron chi connectivity index (χ4n) is 2.12. The van der Waals surface area contributed by atoms with Gasteiger partial charge >= 0.3 is 0 Å². The zero-order valence-corrected chi connectivity index (χ0v) is 13.6. The standard InChI is InChI=1S/C19H21NO4/c1-23-19-14-15(10-12-18(19)21)9-11-16(20-22)6-5-13-24-17-7-3-2-4-8-17/h2-4,7-12,14,21-22H,5-6,13H2,1H3/b11-9+,20-16?. The molecule has 0 saturated heterocycles. The van der Waals surface area contributed by atoms with E-state index in [0.29, 0.717) is 24.5 Å². The number of oxime groups is 1. The molecule has 2 N–H and O–H groups in total. The number of hydrogen-bond donors (Lipinski definition) is 2. The molecule has 5 heteroatoms. The zero-order chi connectivity index (χ0) is 17.2. The fraction of sp³-hybridized carbons (Fsp3) is 0.211. The van der Waals surface area contributed by atoms with E-state index in [2.05, 4.69) is 5.16 Å². The van der Waals surface area contributed by atoms with Crippen molar-refractivity contribution in [2.45, 2.75) is 12.8 Å². The molecule has 24 heavy (non-hydrogen) atoms. The molecule has 0 spiro atoms. The summed E-state index contributed by atoms with van der Waals surface area (Å²) >= 11 is 0. The average molecular weight is 327 g/mol. The van der Waals surface area contributed by atoms with Gasteiger partial charge in [-0.05, 0) is 48.7 Å². The number of allylic oxidation sites excluding steroid dienone is 1. The Balaban J connectivity index is 1.83. The molecule has 2 rings (SSSR count). The quantitative estimate of drug-likeness (QED) is 0.331. The Labute approximate surface area is 141 Å². The van der Waals surface area contributed by atoms with Gasteiger partial charge in [-0.2, -0.15) is 0 Å². The van der Waals surface area contributed by atoms with Crippen LogP contribution in [-0.4, -0.2) is 29.7 Å². The summed E-state index contributed by atoms with van der Waals surface area (Å²) in [6.45, 7) is 0.546. The number of para-hydroxylation sites is 1. The van der Waals surface area contributed by atoms with E-state index in [1.54, 1.807) is 30.4 Å². The molecule has 0 saturated carbocycles. The molecule has 0 unspecified atom stereocenters. The van der Waals surface area contributed by atoms with Crippen molar-refractivity contribution < 1.29 is 19.8 Å². The Morgan fingerprint density at radius 1 is 1.17 bits per heavy atom. The second-order valence-electron chi connectivity index (χ2n) is 5.12. The SMILES string of the molecule is COc1cc(/C=C/C(CCCOc2ccccc2)=NO)ccc1O. The van der Waals surface area contributed by atoms with Crippen molar-refractivity contribution in [3.05, 3.63) is 60.2 Å². The van der Waals surface area contributed by atoms with Gasteiger partial charge in [0.25, 0.3) is 0 Å². The van der Waals surface area contributed by atoms with Gasteiger partial charge in [0.15, 0.2) is 11.5 Å². The highest BCUT2D eigenvalue weighted by molar-refractivity contribution is 5.97. The number of aromatic hydroxyl groups is 1. The minimum atomic E-state index is 0.0868. The summed E-state index contributed by atoms with van der Waals surface area (Å²) in [5, 5.41) is 22.0. The first-order valence-corrected chi connectivity index (χ1v) is 7.67. The lowest BCUT2D eigenvalue weighted by Gasteiger charge is -2.05. The van der Waals surface area contributed by atoms with Crippen LogP contribution in [0.1, 0.15) is 18.4 Å². The minimum absolute atomic E-state index is 0.0868. The van der Waals surface area contributed by atoms with Crippen LogP contribution in [0.3, 0.4) is 0 Å². The van der Waals surface area contributed by atoms with Gasteiger partial charge in [0, 0.05) is 0 Å². The van der Waals surface area contributed by atoms with Crippen molar-refractivity contribution in [1.29, 1.82) is 0 Å². The monoisotopic (exact) mass is 327 g/mol. The Kier molecular flexibility index (Phi) is 6.71. The lowest BCUT2D eigenvalue weighted by molar-refractivity contribution is 0.306. The van der Waals surface area contributed by atoms with Crippen LogP contribution in [-0.2, 0) is 0 Å². The van der Waals surface area contributed by atoms with Crippen LogP contribution in [0.4, 0.5) is 0 Å². The van der Waals surface area contributed by atoms with Crippen molar-refractivity contribution in [2.75, 3.05) is 13.7 Å². The molecule has 2 aromatic rings. The molecule has 0 atom stereocenters. The Morgan fingerprint density at radius 3 is 2.67 bits per heavy atom. The van der Waals surface area contributed by atoms with Gasteiger partial charge in [-0.15, -0.1) is 0 Å². The van der Waals surface area contributed by atoms with E-state index in [9.17, 15) is 5.11 Å². The maximum absolute atomic E-state index is 9.57. The number of phenolic OH excluding ortho intramolecular Hbond substituents is 1. The maximum Gasteiger partial charge on any atom is 0.161 e. The van der Waals surface area contributed by atoms with Gasteiger partial charge in [0.1, 0.15) is 5.75 Å². The van der Waals surface area contributed by atoms with Crippen LogP contribution in [0.25, 0.3) is 6.08 Å². The second-order valence-corrected chi connectivity index (χ2v) is 5.12. The predicted molar refractivity (Wildman–Crippen MR) is 94.1 cm³/mol. The van der Waals surface area contributed by atoms with Crippen LogP contribution >= 0.6 is 0 Å². The summed E-state index contributed by atoms with van der Waals surface area (Å²) < 4.78 is 10.7. The van der Waals surface area contributed by atoms with E-state index >= 15 is 0 Å². The normalized spacial score (nSPS) is 11.6. The van der Waals surface area contributed by atoms with Crippen LogP contribution in [0.5, 0.6) is 17.2 Å². The zero-order valence-electron chi connectivity index (χ0n) is 13.6. The molecule has 0 aliphatic rings. The lowest BCUT2D eigenvalue weighted by Crippen LogP contribution is -2.01. The molecule has 0 aromatic heterocycles. The first kappa shape index (κ1) is 17.4. The number of benzene rings is 2. The van der Waals surface area contributed by atoms with E-state index < -0.39 is 0 Å². The van der Waals surface area contributed by atoms with Gasteiger partial charge < -0.3 is 19.8 Å². The summed E-state index contributed by atoms with van der Waals surface area (Å²) in [6.07, 6.45) is 4.86. The molecule has 0 aliphatic carbocycles. The molecule has 0 fully saturated rings. The first-order valence-electron chi connectivity index (χ1n) is 7.67. The molecule has 0 radical (unpaired) electrons. The van der Waals surface area contributed by atoms with Crippen molar-refractivity contribution in [3.8, 4) is 17.2 Å². The topological polar surface area (TPSA) is 71.3 Å². The molecule has 2 aromatic carbocycles. The molecular formula is C19H21NO4. The summed E-state index contributed by atoms with van der Waals surface area (Å²) in [4.78, 5) is 0. The third-order valence-corrected chi connectivity index (χ3v) is 3.39. The smallest absolute Gasteiger partial charge is 0.161 e. The number of nitrogens with zero attached hydrogens (tertiary/aromatic N) is 1. The Hall–Kier alpha value is -2.95. The molecule has 0 aliphatic heterocycles. The van der Waals surface area contributed by atoms with Crippen molar-refractivity contribution >= 4 is 11.8 Å². The number of methoxy groups -OCH3 is 1. The number of ether oxygens (including phenoxy) is 2. The van der Waals surface area contributed by atoms with Crippen molar-refractivity contribution in [1.82, 2.24) is 0 Å². The largest absolute Gasteiger partial charge is 0.504 e. The summed E-state index contributed by atoms with van der Waals surface area (Å²) in [6, 6.07) is 14.6. The number of phenols is 1. The third-order valence-electron chi connectivity index (χ3n) is 3.39. The van der Waals surface area contributed by atoms with E-state index in [1.807, 2.05) is 30.3 Å². The van der Waals surface area contributed by atoms with Gasteiger partial charge in [0.2, 0.25) is 0 Å². The van der Waals surface area contributed by atoms with Crippen LogP contribution in [0, 0.1) is 0 Å². The predicted octanol–water partition coefficient (Wildman–Crippen LogP) is 4.10. The molecule has 0 bridgehead atoms. The molecule has 0 heterocycles. The van der Waals surface area contributed by atoms with Crippen molar-refractivity contribution in [3.63, 3.8) is 0 Å². The summed E-state index contributed by atoms with van der Waals surface area (Å²) in [5.41, 5.74) is 1.39. The highest BCUT2D eigenvalue weighted by Gasteiger charge is 2.02. The Bertz CT molecular complexity index is 696. The van der Waals surface area contributed by atoms with Gasteiger partial charge in [0.05, 0.1) is 19.4 Å². The number of hydrogen-bond acceptors (Lipinski definition) is 5. The average Bonchev–Trinajstić information content (AvgIpc) is 2.63. The van der Waals surface area contributed by atoms with Gasteiger partial charge in [-0.3, -0.25) is 0 Å². The molecular weight excluding hydrogens is 306 g/mol. The second kappa shape index (κ2) is 9.25.